The molecule has 27 heavy (non-hydrogen) atoms. The van der Waals surface area contributed by atoms with E-state index in [9.17, 15) is 22.8 Å². The minimum Gasteiger partial charge on any atom is -0.491 e. The number of nitrogens with one attached hydrogen (secondary N) is 1. The van der Waals surface area contributed by atoms with Crippen molar-refractivity contribution in [2.75, 3.05) is 18.5 Å². The zero-order valence-electron chi connectivity index (χ0n) is 14.4. The molecule has 0 aliphatic rings. The molecule has 0 unspecified atom stereocenters. The third-order valence-corrected chi connectivity index (χ3v) is 3.25. The molecule has 0 spiro atoms. The summed E-state index contributed by atoms with van der Waals surface area (Å²) in [6.45, 7) is 1.42. The lowest BCUT2D eigenvalue weighted by atomic mass is 10.1. The van der Waals surface area contributed by atoms with E-state index < -0.39 is 30.2 Å². The maximum absolute atomic E-state index is 12.9. The van der Waals surface area contributed by atoms with Gasteiger partial charge in [0, 0.05) is 6.20 Å². The Morgan fingerprint density at radius 3 is 2.59 bits per heavy atom. The quantitative estimate of drug-likeness (QED) is 0.739. The van der Waals surface area contributed by atoms with Crippen LogP contribution < -0.4 is 10.1 Å². The number of anilines is 1. The number of carbonyl (C=O) groups is 2. The van der Waals surface area contributed by atoms with Crippen molar-refractivity contribution in [3.63, 3.8) is 0 Å². The third kappa shape index (κ3) is 5.98. The molecular formula is C18H17F3N2O4. The van der Waals surface area contributed by atoms with Crippen molar-refractivity contribution in [3.05, 3.63) is 53.9 Å². The number of hydrogen-bond donors (Lipinski definition) is 1. The summed E-state index contributed by atoms with van der Waals surface area (Å²) in [7, 11) is 0. The van der Waals surface area contributed by atoms with Crippen molar-refractivity contribution < 1.29 is 32.2 Å². The normalized spacial score (nSPS) is 11.0. The first-order valence-electron chi connectivity index (χ1n) is 8.03. The topological polar surface area (TPSA) is 77.5 Å². The van der Waals surface area contributed by atoms with Crippen molar-refractivity contribution >= 4 is 17.6 Å². The Morgan fingerprint density at radius 1 is 1.19 bits per heavy atom. The summed E-state index contributed by atoms with van der Waals surface area (Å²) in [6, 6.07) is 7.35. The van der Waals surface area contributed by atoms with Crippen LogP contribution >= 0.6 is 0 Å². The molecule has 0 saturated carbocycles. The van der Waals surface area contributed by atoms with E-state index in [1.807, 2.05) is 6.92 Å². The number of ether oxygens (including phenoxy) is 2. The number of amides is 1. The lowest BCUT2D eigenvalue weighted by Gasteiger charge is -2.15. The number of pyridine rings is 1. The highest BCUT2D eigenvalue weighted by Crippen LogP contribution is 2.35. The van der Waals surface area contributed by atoms with Gasteiger partial charge >= 0.3 is 12.1 Å². The van der Waals surface area contributed by atoms with E-state index in [2.05, 4.69) is 10.3 Å². The summed E-state index contributed by atoms with van der Waals surface area (Å²) >= 11 is 0. The molecule has 0 radical (unpaired) electrons. The fraction of sp³-hybridized carbons (Fsp3) is 0.278. The predicted molar refractivity (Wildman–Crippen MR) is 90.4 cm³/mol. The van der Waals surface area contributed by atoms with Crippen molar-refractivity contribution in [3.8, 4) is 5.75 Å². The highest BCUT2D eigenvalue weighted by atomic mass is 19.4. The molecule has 1 aromatic carbocycles. The molecule has 0 saturated heterocycles. The van der Waals surface area contributed by atoms with Crippen LogP contribution in [0.3, 0.4) is 0 Å². The average Bonchev–Trinajstić information content (AvgIpc) is 2.65. The first kappa shape index (κ1) is 20.2. The Kier molecular flexibility index (Phi) is 6.75. The number of rotatable bonds is 7. The summed E-state index contributed by atoms with van der Waals surface area (Å²) in [4.78, 5) is 27.5. The van der Waals surface area contributed by atoms with E-state index in [4.69, 9.17) is 9.47 Å². The molecule has 2 aromatic rings. The number of hydrogen-bond acceptors (Lipinski definition) is 5. The van der Waals surface area contributed by atoms with Crippen molar-refractivity contribution in [1.29, 1.82) is 0 Å². The molecular weight excluding hydrogens is 365 g/mol. The van der Waals surface area contributed by atoms with Crippen LogP contribution in [-0.2, 0) is 15.7 Å². The molecule has 0 aliphatic heterocycles. The van der Waals surface area contributed by atoms with Gasteiger partial charge in [-0.1, -0.05) is 13.0 Å². The van der Waals surface area contributed by atoms with Crippen molar-refractivity contribution in [2.45, 2.75) is 19.5 Å². The van der Waals surface area contributed by atoms with Gasteiger partial charge in [-0.15, -0.1) is 0 Å². The summed E-state index contributed by atoms with van der Waals surface area (Å²) in [5.41, 5.74) is -1.08. The van der Waals surface area contributed by atoms with Gasteiger partial charge < -0.3 is 14.8 Å². The van der Waals surface area contributed by atoms with E-state index in [1.54, 1.807) is 12.1 Å². The minimum absolute atomic E-state index is 0.0105. The Labute approximate surface area is 153 Å². The van der Waals surface area contributed by atoms with Crippen LogP contribution in [0.2, 0.25) is 0 Å². The molecule has 6 nitrogen and oxygen atoms in total. The second kappa shape index (κ2) is 9.02. The van der Waals surface area contributed by atoms with Gasteiger partial charge in [-0.2, -0.15) is 13.2 Å². The predicted octanol–water partition coefficient (Wildman–Crippen LogP) is 3.68. The third-order valence-electron chi connectivity index (χ3n) is 3.25. The Morgan fingerprint density at radius 2 is 1.96 bits per heavy atom. The van der Waals surface area contributed by atoms with Crippen LogP contribution in [0.15, 0.2) is 42.6 Å². The first-order chi connectivity index (χ1) is 12.8. The van der Waals surface area contributed by atoms with E-state index in [1.165, 1.54) is 12.3 Å². The molecule has 1 aromatic heterocycles. The molecule has 2 rings (SSSR count). The highest BCUT2D eigenvalue weighted by molar-refractivity contribution is 5.95. The minimum atomic E-state index is -4.58. The van der Waals surface area contributed by atoms with Gasteiger partial charge in [-0.3, -0.25) is 4.79 Å². The van der Waals surface area contributed by atoms with Crippen LogP contribution in [0.25, 0.3) is 0 Å². The van der Waals surface area contributed by atoms with E-state index in [0.717, 1.165) is 18.2 Å². The number of aromatic nitrogens is 1. The van der Waals surface area contributed by atoms with Gasteiger partial charge in [0.1, 0.15) is 11.4 Å². The van der Waals surface area contributed by atoms with Gasteiger partial charge in [-0.25, -0.2) is 9.78 Å². The second-order valence-electron chi connectivity index (χ2n) is 5.40. The zero-order valence-corrected chi connectivity index (χ0v) is 14.4. The van der Waals surface area contributed by atoms with Crippen LogP contribution in [-0.4, -0.2) is 30.1 Å². The largest absolute Gasteiger partial charge is 0.491 e. The Balaban J connectivity index is 2.07. The number of esters is 1. The molecule has 9 heteroatoms. The maximum atomic E-state index is 12.9. The molecule has 0 bridgehead atoms. The number of benzene rings is 1. The van der Waals surface area contributed by atoms with Gasteiger partial charge in [0.05, 0.1) is 17.9 Å². The van der Waals surface area contributed by atoms with Crippen LogP contribution in [0.5, 0.6) is 5.75 Å². The standard InChI is InChI=1S/C18H17F3N2O4/c1-2-9-26-15-7-6-12(18(19,20)21)10-14(15)23-16(24)11-27-17(25)13-5-3-4-8-22-13/h3-8,10H,2,9,11H2,1H3,(H,23,24). The smallest absolute Gasteiger partial charge is 0.416 e. The number of halogens is 3. The summed E-state index contributed by atoms with van der Waals surface area (Å²) < 4.78 is 48.9. The first-order valence-corrected chi connectivity index (χ1v) is 8.03. The summed E-state index contributed by atoms with van der Waals surface area (Å²) in [5.74, 6) is -1.54. The fourth-order valence-corrected chi connectivity index (χ4v) is 2.02. The lowest BCUT2D eigenvalue weighted by molar-refractivity contribution is -0.137. The Hall–Kier alpha value is -3.10. The van der Waals surface area contributed by atoms with Crippen molar-refractivity contribution in [1.82, 2.24) is 4.98 Å². The highest BCUT2D eigenvalue weighted by Gasteiger charge is 2.31. The van der Waals surface area contributed by atoms with Gasteiger partial charge in [0.25, 0.3) is 5.91 Å². The maximum Gasteiger partial charge on any atom is 0.416 e. The molecule has 0 fully saturated rings. The van der Waals surface area contributed by atoms with Crippen LogP contribution in [0.1, 0.15) is 29.4 Å². The summed E-state index contributed by atoms with van der Waals surface area (Å²) in [5, 5.41) is 2.28. The SMILES string of the molecule is CCCOc1ccc(C(F)(F)F)cc1NC(=O)COC(=O)c1ccccn1. The summed E-state index contributed by atoms with van der Waals surface area (Å²) in [6.07, 6.45) is -2.55. The number of carbonyl (C=O) groups excluding carboxylic acids is 2. The van der Waals surface area contributed by atoms with E-state index in [0.29, 0.717) is 6.42 Å². The van der Waals surface area contributed by atoms with Crippen molar-refractivity contribution in [2.24, 2.45) is 0 Å². The average molecular weight is 382 g/mol. The van der Waals surface area contributed by atoms with E-state index in [-0.39, 0.29) is 23.7 Å². The Bertz CT molecular complexity index is 795. The molecule has 1 heterocycles. The van der Waals surface area contributed by atoms with Gasteiger partial charge in [0.15, 0.2) is 6.61 Å². The molecule has 144 valence electrons. The number of alkyl halides is 3. The van der Waals surface area contributed by atoms with Crippen LogP contribution in [0.4, 0.5) is 18.9 Å². The molecule has 1 amide bonds. The van der Waals surface area contributed by atoms with Gasteiger partial charge in [0.2, 0.25) is 0 Å². The van der Waals surface area contributed by atoms with Gasteiger partial charge in [-0.05, 0) is 36.8 Å². The fourth-order valence-electron chi connectivity index (χ4n) is 2.02. The molecule has 0 atom stereocenters. The lowest BCUT2D eigenvalue weighted by Crippen LogP contribution is -2.22. The zero-order chi connectivity index (χ0) is 19.9. The van der Waals surface area contributed by atoms with E-state index >= 15 is 0 Å². The molecule has 1 N–H and O–H groups in total. The monoisotopic (exact) mass is 382 g/mol. The second-order valence-corrected chi connectivity index (χ2v) is 5.40. The van der Waals surface area contributed by atoms with Crippen LogP contribution in [0, 0.1) is 0 Å². The number of nitrogens with zero attached hydrogens (tertiary/aromatic N) is 1. The molecule has 0 aliphatic carbocycles.